The zero-order chi connectivity index (χ0) is 25.3. The first-order chi connectivity index (χ1) is 17.5. The first-order valence-corrected chi connectivity index (χ1v) is 11.2. The summed E-state index contributed by atoms with van der Waals surface area (Å²) in [7, 11) is 1.56. The van der Waals surface area contributed by atoms with Crippen LogP contribution in [0.25, 0.3) is 0 Å². The fourth-order valence-corrected chi connectivity index (χ4v) is 3.21. The van der Waals surface area contributed by atoms with E-state index in [-0.39, 0.29) is 29.7 Å². The summed E-state index contributed by atoms with van der Waals surface area (Å²) in [6.07, 6.45) is 7.22. The highest BCUT2D eigenvalue weighted by atomic mass is 16.7. The van der Waals surface area contributed by atoms with Gasteiger partial charge >= 0.3 is 11.9 Å². The summed E-state index contributed by atoms with van der Waals surface area (Å²) in [6, 6.07) is 10.8. The Morgan fingerprint density at radius 1 is 1.00 bits per heavy atom. The Bertz CT molecular complexity index is 1250. The number of aromatic nitrogens is 2. The van der Waals surface area contributed by atoms with Crippen molar-refractivity contribution in [3.05, 3.63) is 72.7 Å². The number of hydrogen-bond donors (Lipinski definition) is 0. The quantitative estimate of drug-likeness (QED) is 0.233. The van der Waals surface area contributed by atoms with E-state index < -0.39 is 18.2 Å². The Labute approximate surface area is 207 Å². The first-order valence-electron chi connectivity index (χ1n) is 11.2. The fraction of sp³-hybridized carbons (Fsp3) is 0.231. The summed E-state index contributed by atoms with van der Waals surface area (Å²) in [5.74, 6) is -0.476. The summed E-state index contributed by atoms with van der Waals surface area (Å²) >= 11 is 0. The van der Waals surface area contributed by atoms with E-state index in [0.29, 0.717) is 24.3 Å². The molecule has 0 aliphatic carbocycles. The molecular formula is C26H24N2O8. The number of aryl methyl sites for hydroxylation is 1. The van der Waals surface area contributed by atoms with Crippen molar-refractivity contribution in [2.24, 2.45) is 0 Å². The molecule has 186 valence electrons. The van der Waals surface area contributed by atoms with Gasteiger partial charge in [-0.25, -0.2) is 14.6 Å². The van der Waals surface area contributed by atoms with Gasteiger partial charge in [0.15, 0.2) is 12.0 Å². The number of nitrogens with zero attached hydrogens (tertiary/aromatic N) is 2. The number of carbonyl (C=O) groups is 2. The molecule has 0 fully saturated rings. The highest BCUT2D eigenvalue weighted by Crippen LogP contribution is 2.45. The molecule has 0 saturated carbocycles. The summed E-state index contributed by atoms with van der Waals surface area (Å²) in [5, 5.41) is 0. The zero-order valence-corrected chi connectivity index (χ0v) is 19.7. The molecule has 10 heteroatoms. The molecule has 3 heterocycles. The smallest absolute Gasteiger partial charge is 0.336 e. The van der Waals surface area contributed by atoms with E-state index in [1.807, 2.05) is 12.1 Å². The first kappa shape index (κ1) is 24.7. The van der Waals surface area contributed by atoms with Crippen molar-refractivity contribution < 1.29 is 38.0 Å². The van der Waals surface area contributed by atoms with Gasteiger partial charge in [-0.05, 0) is 43.5 Å². The average molecular weight is 492 g/mol. The largest absolute Gasteiger partial charge is 0.485 e. The number of rotatable bonds is 10. The van der Waals surface area contributed by atoms with E-state index in [1.54, 1.807) is 50.7 Å². The molecule has 1 aromatic carbocycles. The normalized spacial score (nSPS) is 14.4. The second kappa shape index (κ2) is 11.8. The van der Waals surface area contributed by atoms with Crippen LogP contribution in [-0.2, 0) is 20.7 Å². The molecule has 1 unspecified atom stereocenters. The molecule has 0 spiro atoms. The van der Waals surface area contributed by atoms with Crippen LogP contribution in [-0.4, -0.2) is 41.9 Å². The number of methoxy groups -OCH3 is 1. The predicted octanol–water partition coefficient (Wildman–Crippen LogP) is 4.03. The van der Waals surface area contributed by atoms with Crippen LogP contribution < -0.4 is 23.7 Å². The second-order valence-electron chi connectivity index (χ2n) is 7.53. The number of hydrogen-bond acceptors (Lipinski definition) is 10. The molecule has 4 rings (SSSR count). The maximum Gasteiger partial charge on any atom is 0.336 e. The Balaban J connectivity index is 1.55. The van der Waals surface area contributed by atoms with E-state index in [1.165, 1.54) is 6.20 Å². The summed E-state index contributed by atoms with van der Waals surface area (Å²) < 4.78 is 33.4. The predicted molar refractivity (Wildman–Crippen MR) is 126 cm³/mol. The van der Waals surface area contributed by atoms with Crippen LogP contribution in [0.4, 0.5) is 0 Å². The molecular weight excluding hydrogens is 468 g/mol. The summed E-state index contributed by atoms with van der Waals surface area (Å²) in [6.45, 7) is 1.99. The van der Waals surface area contributed by atoms with Crippen LogP contribution in [0.3, 0.4) is 0 Å². The lowest BCUT2D eigenvalue weighted by atomic mass is 10.1. The van der Waals surface area contributed by atoms with Crippen LogP contribution in [0.1, 0.15) is 18.9 Å². The number of esters is 2. The third-order valence-electron chi connectivity index (χ3n) is 4.98. The van der Waals surface area contributed by atoms with E-state index >= 15 is 0 Å². The number of benzene rings is 1. The van der Waals surface area contributed by atoms with Crippen LogP contribution in [0.5, 0.6) is 34.6 Å². The Kier molecular flexibility index (Phi) is 8.09. The maximum absolute atomic E-state index is 12.2. The van der Waals surface area contributed by atoms with Crippen LogP contribution in [0.15, 0.2) is 67.1 Å². The van der Waals surface area contributed by atoms with Gasteiger partial charge in [-0.1, -0.05) is 18.2 Å². The van der Waals surface area contributed by atoms with Gasteiger partial charge in [-0.2, -0.15) is 0 Å². The third-order valence-corrected chi connectivity index (χ3v) is 4.98. The van der Waals surface area contributed by atoms with E-state index in [0.717, 1.165) is 17.7 Å². The SMILES string of the molecule is COC(C)Oc1cnccc1CCCOc1c(Oc2ccccc2)ncc2c1OC(=O)/C=C/C(=O)O2. The summed E-state index contributed by atoms with van der Waals surface area (Å²) in [5.41, 5.74) is 0.922. The molecule has 1 atom stereocenters. The van der Waals surface area contributed by atoms with Crippen LogP contribution in [0.2, 0.25) is 0 Å². The van der Waals surface area contributed by atoms with Gasteiger partial charge in [0.25, 0.3) is 5.88 Å². The van der Waals surface area contributed by atoms with Gasteiger partial charge in [0.2, 0.25) is 11.5 Å². The van der Waals surface area contributed by atoms with Gasteiger partial charge in [0.1, 0.15) is 11.5 Å². The Morgan fingerprint density at radius 2 is 1.78 bits per heavy atom. The number of fused-ring (bicyclic) bond motifs is 1. The minimum absolute atomic E-state index is 0.0343. The van der Waals surface area contributed by atoms with Gasteiger partial charge < -0.3 is 28.4 Å². The lowest BCUT2D eigenvalue weighted by molar-refractivity contribution is -0.133. The van der Waals surface area contributed by atoms with E-state index in [2.05, 4.69) is 9.97 Å². The molecule has 0 N–H and O–H groups in total. The number of pyridine rings is 2. The molecule has 1 aliphatic heterocycles. The average Bonchev–Trinajstić information content (AvgIpc) is 2.88. The van der Waals surface area contributed by atoms with E-state index in [4.69, 9.17) is 28.4 Å². The molecule has 0 amide bonds. The minimum atomic E-state index is -0.763. The molecule has 0 bridgehead atoms. The van der Waals surface area contributed by atoms with Crippen molar-refractivity contribution >= 4 is 11.9 Å². The Morgan fingerprint density at radius 3 is 2.56 bits per heavy atom. The molecule has 3 aromatic rings. The van der Waals surface area contributed by atoms with Crippen molar-refractivity contribution in [2.45, 2.75) is 26.1 Å². The van der Waals surface area contributed by atoms with Crippen molar-refractivity contribution in [3.63, 3.8) is 0 Å². The molecule has 0 radical (unpaired) electrons. The topological polar surface area (TPSA) is 115 Å². The summed E-state index contributed by atoms with van der Waals surface area (Å²) in [4.78, 5) is 32.4. The maximum atomic E-state index is 12.2. The fourth-order valence-electron chi connectivity index (χ4n) is 3.21. The zero-order valence-electron chi connectivity index (χ0n) is 19.7. The van der Waals surface area contributed by atoms with Crippen LogP contribution >= 0.6 is 0 Å². The highest BCUT2D eigenvalue weighted by Gasteiger charge is 2.26. The van der Waals surface area contributed by atoms with Crippen molar-refractivity contribution in [1.82, 2.24) is 9.97 Å². The van der Waals surface area contributed by atoms with Gasteiger partial charge in [-0.3, -0.25) is 4.98 Å². The van der Waals surface area contributed by atoms with Crippen LogP contribution in [0, 0.1) is 0 Å². The Hall–Kier alpha value is -4.44. The highest BCUT2D eigenvalue weighted by molar-refractivity contribution is 5.95. The number of para-hydroxylation sites is 1. The second-order valence-corrected chi connectivity index (χ2v) is 7.53. The van der Waals surface area contributed by atoms with Crippen molar-refractivity contribution in [2.75, 3.05) is 13.7 Å². The number of carbonyl (C=O) groups excluding carboxylic acids is 2. The minimum Gasteiger partial charge on any atom is -0.485 e. The van der Waals surface area contributed by atoms with Crippen molar-refractivity contribution in [1.29, 1.82) is 0 Å². The van der Waals surface area contributed by atoms with Gasteiger partial charge in [0.05, 0.1) is 19.0 Å². The van der Waals surface area contributed by atoms with Crippen molar-refractivity contribution in [3.8, 4) is 34.6 Å². The lowest BCUT2D eigenvalue weighted by Gasteiger charge is -2.18. The van der Waals surface area contributed by atoms with Gasteiger partial charge in [0, 0.05) is 25.5 Å². The standard InChI is InChI=1S/C26H24N2O8/c1-17(31-2)33-20-15-27-13-12-18(20)7-6-14-32-25-24-21(35-22(29)10-11-23(30)36-24)16-28-26(25)34-19-8-4-3-5-9-19/h3-5,8-13,15-17H,6-7,14H2,1-2H3/b11-10+. The molecule has 2 aromatic heterocycles. The van der Waals surface area contributed by atoms with Gasteiger partial charge in [-0.15, -0.1) is 0 Å². The molecule has 10 nitrogen and oxygen atoms in total. The lowest BCUT2D eigenvalue weighted by Crippen LogP contribution is -2.16. The molecule has 36 heavy (non-hydrogen) atoms. The third kappa shape index (κ3) is 6.36. The number of ether oxygens (including phenoxy) is 6. The molecule has 0 saturated heterocycles. The van der Waals surface area contributed by atoms with E-state index in [9.17, 15) is 9.59 Å². The molecule has 1 aliphatic rings. The monoisotopic (exact) mass is 492 g/mol.